The van der Waals surface area contributed by atoms with Gasteiger partial charge in [0.2, 0.25) is 5.91 Å². The molecule has 1 rings (SSSR count). The minimum atomic E-state index is -0.522. The third-order valence-electron chi connectivity index (χ3n) is 2.40. The first kappa shape index (κ1) is 17.3. The van der Waals surface area contributed by atoms with Crippen LogP contribution in [-0.4, -0.2) is 24.1 Å². The highest BCUT2D eigenvalue weighted by Gasteiger charge is 2.15. The molecule has 1 aromatic rings. The molecule has 0 spiro atoms. The van der Waals surface area contributed by atoms with Crippen LogP contribution < -0.4 is 10.6 Å². The molecule has 0 saturated heterocycles. The Morgan fingerprint density at radius 2 is 1.90 bits per heavy atom. The fraction of sp³-hybridized carbons (Fsp3) is 0.467. The second-order valence-electron chi connectivity index (χ2n) is 5.56. The number of alkyl carbamates (subject to hydrolysis) is 1. The van der Waals surface area contributed by atoms with Crippen LogP contribution in [0.5, 0.6) is 0 Å². The number of halogens is 1. The first-order valence-corrected chi connectivity index (χ1v) is 7.17. The van der Waals surface area contributed by atoms with Gasteiger partial charge in [-0.05, 0) is 39.3 Å². The zero-order chi connectivity index (χ0) is 15.9. The summed E-state index contributed by atoms with van der Waals surface area (Å²) in [5.41, 5.74) is 0.0650. The van der Waals surface area contributed by atoms with Gasteiger partial charge < -0.3 is 15.4 Å². The monoisotopic (exact) mass is 312 g/mol. The number of amides is 2. The van der Waals surface area contributed by atoms with Crippen molar-refractivity contribution in [2.75, 3.05) is 11.9 Å². The van der Waals surface area contributed by atoms with Crippen LogP contribution in [0.15, 0.2) is 24.3 Å². The molecule has 0 aliphatic carbocycles. The molecule has 0 unspecified atom stereocenters. The molecule has 0 aromatic heterocycles. The number of para-hydroxylation sites is 1. The summed E-state index contributed by atoms with van der Waals surface area (Å²) in [6.07, 6.45) is 0.338. The van der Waals surface area contributed by atoms with E-state index in [9.17, 15) is 9.59 Å². The van der Waals surface area contributed by atoms with Gasteiger partial charge >= 0.3 is 6.09 Å². The van der Waals surface area contributed by atoms with Gasteiger partial charge in [0.05, 0.1) is 10.7 Å². The number of carbonyl (C=O) groups is 2. The van der Waals surface area contributed by atoms with E-state index in [1.54, 1.807) is 45.0 Å². The third kappa shape index (κ3) is 7.56. The van der Waals surface area contributed by atoms with E-state index in [2.05, 4.69) is 10.6 Å². The van der Waals surface area contributed by atoms with Gasteiger partial charge in [0, 0.05) is 13.0 Å². The normalized spacial score (nSPS) is 10.9. The van der Waals surface area contributed by atoms with Crippen LogP contribution in [0.1, 0.15) is 33.6 Å². The lowest BCUT2D eigenvalue weighted by atomic mass is 10.2. The number of benzene rings is 1. The molecule has 6 heteroatoms. The smallest absolute Gasteiger partial charge is 0.407 e. The third-order valence-corrected chi connectivity index (χ3v) is 2.73. The second kappa shape index (κ2) is 7.88. The van der Waals surface area contributed by atoms with Gasteiger partial charge in [-0.1, -0.05) is 23.7 Å². The minimum absolute atomic E-state index is 0.144. The maximum atomic E-state index is 11.7. The quantitative estimate of drug-likeness (QED) is 0.817. The Hall–Kier alpha value is -1.75. The number of nitrogens with one attached hydrogen (secondary N) is 2. The van der Waals surface area contributed by atoms with Crippen molar-refractivity contribution in [2.24, 2.45) is 0 Å². The molecule has 2 N–H and O–H groups in total. The Morgan fingerprint density at radius 3 is 2.52 bits per heavy atom. The lowest BCUT2D eigenvalue weighted by Gasteiger charge is -2.19. The van der Waals surface area contributed by atoms with E-state index in [0.29, 0.717) is 30.1 Å². The number of ether oxygens (including phenoxy) is 1. The van der Waals surface area contributed by atoms with Crippen LogP contribution in [0.3, 0.4) is 0 Å². The van der Waals surface area contributed by atoms with Crippen LogP contribution in [0.25, 0.3) is 0 Å². The highest BCUT2D eigenvalue weighted by molar-refractivity contribution is 6.33. The van der Waals surface area contributed by atoms with Gasteiger partial charge in [0.1, 0.15) is 5.60 Å². The molecular formula is C15H21ClN2O3. The summed E-state index contributed by atoms with van der Waals surface area (Å²) in [6, 6.07) is 7.04. The van der Waals surface area contributed by atoms with E-state index in [-0.39, 0.29) is 5.91 Å². The van der Waals surface area contributed by atoms with Crippen molar-refractivity contribution in [1.29, 1.82) is 0 Å². The maximum absolute atomic E-state index is 11.7. The van der Waals surface area contributed by atoms with Crippen molar-refractivity contribution in [3.05, 3.63) is 29.3 Å². The number of anilines is 1. The summed E-state index contributed by atoms with van der Waals surface area (Å²) in [5, 5.41) is 5.82. The predicted molar refractivity (Wildman–Crippen MR) is 83.6 cm³/mol. The summed E-state index contributed by atoms with van der Waals surface area (Å²) in [5.74, 6) is -0.144. The van der Waals surface area contributed by atoms with E-state index in [1.165, 1.54) is 0 Å². The van der Waals surface area contributed by atoms with Gasteiger partial charge in [0.25, 0.3) is 0 Å². The maximum Gasteiger partial charge on any atom is 0.407 e. The average Bonchev–Trinajstić information content (AvgIpc) is 2.35. The van der Waals surface area contributed by atoms with Crippen LogP contribution in [0.2, 0.25) is 5.02 Å². The van der Waals surface area contributed by atoms with Gasteiger partial charge in [-0.2, -0.15) is 0 Å². The molecule has 5 nitrogen and oxygen atoms in total. The molecule has 0 bridgehead atoms. The molecule has 116 valence electrons. The largest absolute Gasteiger partial charge is 0.444 e. The summed E-state index contributed by atoms with van der Waals surface area (Å²) in [4.78, 5) is 23.1. The van der Waals surface area contributed by atoms with Gasteiger partial charge in [-0.25, -0.2) is 4.79 Å². The number of rotatable bonds is 5. The van der Waals surface area contributed by atoms with Crippen molar-refractivity contribution in [2.45, 2.75) is 39.2 Å². The highest BCUT2D eigenvalue weighted by atomic mass is 35.5. The molecule has 0 saturated carbocycles. The van der Waals surface area contributed by atoms with Gasteiger partial charge in [-0.15, -0.1) is 0 Å². The molecule has 0 fully saturated rings. The van der Waals surface area contributed by atoms with Crippen molar-refractivity contribution in [3.63, 3.8) is 0 Å². The summed E-state index contributed by atoms with van der Waals surface area (Å²) in [7, 11) is 0. The standard InChI is InChI=1S/C15H21ClN2O3/c1-15(2,3)21-14(20)17-10-6-9-13(19)18-12-8-5-4-7-11(12)16/h4-5,7-8H,6,9-10H2,1-3H3,(H,17,20)(H,18,19). The lowest BCUT2D eigenvalue weighted by molar-refractivity contribution is -0.116. The van der Waals surface area contributed by atoms with Crippen LogP contribution in [0, 0.1) is 0 Å². The van der Waals surface area contributed by atoms with Crippen molar-refractivity contribution in [1.82, 2.24) is 5.32 Å². The molecule has 21 heavy (non-hydrogen) atoms. The predicted octanol–water partition coefficient (Wildman–Crippen LogP) is 3.58. The second-order valence-corrected chi connectivity index (χ2v) is 5.97. The summed E-state index contributed by atoms with van der Waals surface area (Å²) < 4.78 is 5.09. The topological polar surface area (TPSA) is 67.4 Å². The SMILES string of the molecule is CC(C)(C)OC(=O)NCCCC(=O)Nc1ccccc1Cl. The van der Waals surface area contributed by atoms with Crippen molar-refractivity contribution in [3.8, 4) is 0 Å². The average molecular weight is 313 g/mol. The Morgan fingerprint density at radius 1 is 1.24 bits per heavy atom. The van der Waals surface area contributed by atoms with Gasteiger partial charge in [-0.3, -0.25) is 4.79 Å². The Kier molecular flexibility index (Phi) is 6.49. The lowest BCUT2D eigenvalue weighted by Crippen LogP contribution is -2.33. The summed E-state index contributed by atoms with van der Waals surface area (Å²) >= 11 is 5.94. The molecule has 0 atom stereocenters. The fourth-order valence-electron chi connectivity index (χ4n) is 1.53. The van der Waals surface area contributed by atoms with E-state index < -0.39 is 11.7 Å². The van der Waals surface area contributed by atoms with Crippen LogP contribution in [-0.2, 0) is 9.53 Å². The first-order valence-electron chi connectivity index (χ1n) is 6.79. The fourth-order valence-corrected chi connectivity index (χ4v) is 1.71. The van der Waals surface area contributed by atoms with Crippen molar-refractivity contribution >= 4 is 29.3 Å². The molecule has 1 aromatic carbocycles. The minimum Gasteiger partial charge on any atom is -0.444 e. The van der Waals surface area contributed by atoms with E-state index in [4.69, 9.17) is 16.3 Å². The first-order chi connectivity index (χ1) is 9.78. The molecular weight excluding hydrogens is 292 g/mol. The molecule has 2 amide bonds. The summed E-state index contributed by atoms with van der Waals surface area (Å²) in [6.45, 7) is 5.77. The van der Waals surface area contributed by atoms with Crippen molar-refractivity contribution < 1.29 is 14.3 Å². The Labute approximate surface area is 130 Å². The molecule has 0 radical (unpaired) electrons. The van der Waals surface area contributed by atoms with E-state index in [1.807, 2.05) is 0 Å². The Bertz CT molecular complexity index is 498. The van der Waals surface area contributed by atoms with E-state index in [0.717, 1.165) is 0 Å². The van der Waals surface area contributed by atoms with Gasteiger partial charge in [0.15, 0.2) is 0 Å². The Balaban J connectivity index is 2.23. The number of hydrogen-bond donors (Lipinski definition) is 2. The zero-order valence-corrected chi connectivity index (χ0v) is 13.3. The molecule has 0 aliphatic rings. The van der Waals surface area contributed by atoms with Crippen LogP contribution >= 0.6 is 11.6 Å². The molecule has 0 heterocycles. The number of hydrogen-bond acceptors (Lipinski definition) is 3. The highest BCUT2D eigenvalue weighted by Crippen LogP contribution is 2.20. The van der Waals surface area contributed by atoms with E-state index >= 15 is 0 Å². The number of carbonyl (C=O) groups excluding carboxylic acids is 2. The molecule has 0 aliphatic heterocycles. The zero-order valence-electron chi connectivity index (χ0n) is 12.5. The van der Waals surface area contributed by atoms with Crippen LogP contribution in [0.4, 0.5) is 10.5 Å².